The number of aliphatic hydroxyl groups is 1. The average molecular weight is 651 g/mol. The molecule has 0 saturated carbocycles. The maximum absolute atomic E-state index is 9.90. The fourth-order valence-electron chi connectivity index (χ4n) is 0.230. The molecule has 0 spiro atoms. The molecule has 1 unspecified atom stereocenters. The van der Waals surface area contributed by atoms with Crippen molar-refractivity contribution in [2.45, 2.75) is 26.8 Å². The normalized spacial score (nSPS) is 10.1. The van der Waals surface area contributed by atoms with Crippen LogP contribution in [0.1, 0.15) is 20.8 Å². The summed E-state index contributed by atoms with van der Waals surface area (Å²) in [5, 5.41) is 18.5. The van der Waals surface area contributed by atoms with Crippen molar-refractivity contribution in [3.63, 3.8) is 0 Å². The van der Waals surface area contributed by atoms with Crippen molar-refractivity contribution in [1.82, 2.24) is 5.32 Å². The molecule has 4 nitrogen and oxygen atoms in total. The van der Waals surface area contributed by atoms with E-state index in [4.69, 9.17) is 10.2 Å². The summed E-state index contributed by atoms with van der Waals surface area (Å²) < 4.78 is 0. The Hall–Kier alpha value is 1.49. The molecule has 0 bridgehead atoms. The summed E-state index contributed by atoms with van der Waals surface area (Å²) >= 11 is 0. The maximum Gasteiger partial charge on any atom is 2.00 e. The largest absolute Gasteiger partial charge is 2.00 e. The van der Waals surface area contributed by atoms with Crippen LogP contribution < -0.4 is 5.32 Å². The van der Waals surface area contributed by atoms with Gasteiger partial charge in [0.1, 0.15) is 6.04 Å². The molecule has 0 aliphatic carbocycles. The summed E-state index contributed by atoms with van der Waals surface area (Å²) in [5.41, 5.74) is 0. The zero-order chi connectivity index (χ0) is 10.1. The SMILES string of the molecule is C[C-](C)C.[CH2-]NC(CO)C(=O)O.[U+2].[U]. The van der Waals surface area contributed by atoms with Crippen LogP contribution >= 0.6 is 0 Å². The first-order valence-electron chi connectivity index (χ1n) is 3.58. The second-order valence-corrected chi connectivity index (χ2v) is 2.78. The summed E-state index contributed by atoms with van der Waals surface area (Å²) in [7, 11) is 3.09. The number of carboxylic acids is 1. The molecule has 0 heterocycles. The van der Waals surface area contributed by atoms with E-state index in [1.165, 1.54) is 5.92 Å². The van der Waals surface area contributed by atoms with Gasteiger partial charge in [-0.3, -0.25) is 11.8 Å². The first-order valence-corrected chi connectivity index (χ1v) is 3.58. The van der Waals surface area contributed by atoms with Crippen LogP contribution in [0.2, 0.25) is 0 Å². The number of aliphatic carboxylic acids is 1. The number of nitrogens with one attached hydrogen (secondary N) is 1. The Morgan fingerprint density at radius 3 is 1.79 bits per heavy atom. The van der Waals surface area contributed by atoms with Crippen LogP contribution in [0, 0.1) is 75.2 Å². The van der Waals surface area contributed by atoms with Crippen LogP contribution in [0.25, 0.3) is 0 Å². The molecule has 0 aliphatic rings. The predicted molar refractivity (Wildman–Crippen MR) is 47.3 cm³/mol. The number of carbonyl (C=O) groups is 1. The van der Waals surface area contributed by atoms with Gasteiger partial charge in [0.05, 0.1) is 6.61 Å². The van der Waals surface area contributed by atoms with Crippen LogP contribution in [0.5, 0.6) is 0 Å². The van der Waals surface area contributed by atoms with Crippen LogP contribution in [0.15, 0.2) is 0 Å². The molecule has 0 aromatic heterocycles. The summed E-state index contributed by atoms with van der Waals surface area (Å²) in [6.45, 7) is 5.82. The van der Waals surface area contributed by atoms with Gasteiger partial charge in [-0.1, -0.05) is 0 Å². The van der Waals surface area contributed by atoms with Gasteiger partial charge in [-0.25, -0.2) is 0 Å². The third kappa shape index (κ3) is 23.4. The van der Waals surface area contributed by atoms with Gasteiger partial charge in [-0.05, 0) is 0 Å². The molecule has 0 radical (unpaired) electrons. The second kappa shape index (κ2) is 16.9. The molecule has 0 aromatic carbocycles. The van der Waals surface area contributed by atoms with E-state index in [2.05, 4.69) is 33.1 Å². The third-order valence-electron chi connectivity index (χ3n) is 0.727. The Kier molecular flexibility index (Phi) is 29.8. The summed E-state index contributed by atoms with van der Waals surface area (Å²) in [4.78, 5) is 9.90. The molecule has 0 saturated heterocycles. The van der Waals surface area contributed by atoms with Crippen LogP contribution in [0.4, 0.5) is 0 Å². The molecule has 0 rings (SSSR count). The van der Waals surface area contributed by atoms with Gasteiger partial charge in [0.2, 0.25) is 0 Å². The van der Waals surface area contributed by atoms with Crippen LogP contribution in [0.3, 0.4) is 0 Å². The fraction of sp³-hybridized carbons (Fsp3) is 0.625. The molecule has 0 fully saturated rings. The number of rotatable bonds is 3. The van der Waals surface area contributed by atoms with Crippen molar-refractivity contribution in [3.05, 3.63) is 13.0 Å². The van der Waals surface area contributed by atoms with Gasteiger partial charge in [-0.15, -0.1) is 0 Å². The number of hydrogen-bond donors (Lipinski definition) is 3. The van der Waals surface area contributed by atoms with E-state index < -0.39 is 18.6 Å². The minimum atomic E-state index is -1.09. The van der Waals surface area contributed by atoms with Gasteiger partial charge in [0.15, 0.2) is 0 Å². The van der Waals surface area contributed by atoms with Crippen molar-refractivity contribution in [3.8, 4) is 0 Å². The average Bonchev–Trinajstić information content (AvgIpc) is 1.87. The topological polar surface area (TPSA) is 69.6 Å². The van der Waals surface area contributed by atoms with Gasteiger partial charge >= 0.3 is 37.1 Å². The Morgan fingerprint density at radius 1 is 1.50 bits per heavy atom. The molecule has 0 aliphatic heterocycles. The molecule has 6 heteroatoms. The quantitative estimate of drug-likeness (QED) is 0.388. The number of hydrogen-bond acceptors (Lipinski definition) is 3. The summed E-state index contributed by atoms with van der Waals surface area (Å²) in [6, 6.07) is -0.935. The monoisotopic (exact) mass is 651 g/mol. The minimum absolute atomic E-state index is 0. The molecule has 14 heavy (non-hydrogen) atoms. The van der Waals surface area contributed by atoms with E-state index in [1.54, 1.807) is 0 Å². The fourth-order valence-corrected chi connectivity index (χ4v) is 0.230. The zero-order valence-electron chi connectivity index (χ0n) is 8.79. The smallest absolute Gasteiger partial charge is 0.480 e. The minimum Gasteiger partial charge on any atom is -0.480 e. The van der Waals surface area contributed by atoms with E-state index in [1.807, 2.05) is 0 Å². The molecule has 80 valence electrons. The van der Waals surface area contributed by atoms with E-state index in [-0.39, 0.29) is 62.2 Å². The molecule has 3 N–H and O–H groups in total. The van der Waals surface area contributed by atoms with E-state index in [9.17, 15) is 4.79 Å². The number of carboxylic acid groups (broad SMARTS) is 1. The van der Waals surface area contributed by atoms with Crippen molar-refractivity contribution in [1.29, 1.82) is 0 Å². The van der Waals surface area contributed by atoms with Gasteiger partial charge < -0.3 is 21.4 Å². The number of aliphatic hydroxyl groups excluding tert-OH is 1. The summed E-state index contributed by atoms with van der Waals surface area (Å²) in [5.74, 6) is 0.322. The zero-order valence-corrected chi connectivity index (χ0v) is 17.1. The predicted octanol–water partition coefficient (Wildman–Crippen LogP) is 0.434. The molecular weight excluding hydrogens is 634 g/mol. The molecule has 0 amide bonds. The Morgan fingerprint density at radius 2 is 1.79 bits per heavy atom. The van der Waals surface area contributed by atoms with Crippen LogP contribution in [-0.4, -0.2) is 28.8 Å². The first kappa shape index (κ1) is 24.6. The Bertz CT molecular complexity index is 116. The van der Waals surface area contributed by atoms with Gasteiger partial charge in [0, 0.05) is 31.1 Å². The van der Waals surface area contributed by atoms with E-state index in [0.29, 0.717) is 0 Å². The Labute approximate surface area is 133 Å². The second-order valence-electron chi connectivity index (χ2n) is 2.78. The van der Waals surface area contributed by atoms with Crippen molar-refractivity contribution in [2.24, 2.45) is 0 Å². The molecule has 0 aromatic rings. The van der Waals surface area contributed by atoms with E-state index >= 15 is 0 Å². The molecular formula is C8H17NO3U2. The molecule has 1 atom stereocenters. The Balaban J connectivity index is -0.0000000733. The standard InChI is InChI=1S/C4H8NO3.C4H9.2U/c1-5-3(2-6)4(7)8;1-4(2)3;;/h3,5-6H,1-2H2,(H,7,8);1-3H3;;/q2*-1;;+2. The summed E-state index contributed by atoms with van der Waals surface area (Å²) in [6.07, 6.45) is 0. The maximum atomic E-state index is 9.90. The first-order chi connectivity index (χ1) is 5.45. The van der Waals surface area contributed by atoms with Crippen molar-refractivity contribution < 1.29 is 77.2 Å². The van der Waals surface area contributed by atoms with Crippen molar-refractivity contribution >= 4 is 5.97 Å². The van der Waals surface area contributed by atoms with Crippen LogP contribution in [-0.2, 0) is 4.79 Å². The third-order valence-corrected chi connectivity index (χ3v) is 0.727. The van der Waals surface area contributed by atoms with Crippen molar-refractivity contribution in [2.75, 3.05) is 6.61 Å². The van der Waals surface area contributed by atoms with E-state index in [0.717, 1.165) is 0 Å². The van der Waals surface area contributed by atoms with Gasteiger partial charge in [-0.2, -0.15) is 20.8 Å². The van der Waals surface area contributed by atoms with Gasteiger partial charge in [0.25, 0.3) is 0 Å².